The fraction of sp³-hybridized carbons (Fsp3) is 0.156. The van der Waals surface area contributed by atoms with E-state index in [1.807, 2.05) is 57.2 Å². The maximum absolute atomic E-state index is 6.25. The van der Waals surface area contributed by atoms with Crippen molar-refractivity contribution >= 4 is 38.9 Å². The van der Waals surface area contributed by atoms with Crippen LogP contribution in [0, 0.1) is 0 Å². The molecular weight excluding hydrogens is 645 g/mol. The van der Waals surface area contributed by atoms with Gasteiger partial charge in [-0.15, -0.1) is 10.2 Å². The molecule has 1 unspecified atom stereocenters. The molecule has 7 heteroatoms. The van der Waals surface area contributed by atoms with Crippen molar-refractivity contribution in [2.24, 2.45) is 0 Å². The molecule has 7 nitrogen and oxygen atoms in total. The summed E-state index contributed by atoms with van der Waals surface area (Å²) in [5.74, 6) is 2.23. The van der Waals surface area contributed by atoms with E-state index in [9.17, 15) is 0 Å². The van der Waals surface area contributed by atoms with E-state index in [0.717, 1.165) is 45.8 Å². The minimum Gasteiger partial charge on any atom is -0.491 e. The first-order valence-corrected chi connectivity index (χ1v) is 17.8. The normalized spacial score (nSPS) is 12.0. The minimum absolute atomic E-state index is 0.00973. The quantitative estimate of drug-likeness (QED) is 0.135. The molecule has 2 heterocycles. The van der Waals surface area contributed by atoms with Crippen molar-refractivity contribution < 1.29 is 13.9 Å². The zero-order valence-electron chi connectivity index (χ0n) is 29.7. The number of rotatable bonds is 11. The Morgan fingerprint density at radius 1 is 0.577 bits per heavy atom. The van der Waals surface area contributed by atoms with Gasteiger partial charge in [0.2, 0.25) is 11.8 Å². The summed E-state index contributed by atoms with van der Waals surface area (Å²) in [6.45, 7) is 8.14. The van der Waals surface area contributed by atoms with Crippen LogP contribution in [0.2, 0.25) is 0 Å². The Kier molecular flexibility index (Phi) is 8.91. The molecule has 0 spiro atoms. The molecule has 0 fully saturated rings. The molecule has 0 saturated carbocycles. The summed E-state index contributed by atoms with van der Waals surface area (Å²) in [5, 5.41) is 11.2. The highest BCUT2D eigenvalue weighted by molar-refractivity contribution is 6.10. The molecule has 1 atom stereocenters. The topological polar surface area (TPSA) is 65.6 Å². The third-order valence-electron chi connectivity index (χ3n) is 9.15. The van der Waals surface area contributed by atoms with E-state index < -0.39 is 0 Å². The maximum Gasteiger partial charge on any atom is 0.248 e. The highest BCUT2D eigenvalue weighted by atomic mass is 16.5. The van der Waals surface area contributed by atoms with Gasteiger partial charge < -0.3 is 23.4 Å². The molecule has 0 amide bonds. The average molecular weight is 685 g/mol. The Bertz CT molecular complexity index is 2450. The summed E-state index contributed by atoms with van der Waals surface area (Å²) in [6.07, 6.45) is 0.960. The highest BCUT2D eigenvalue weighted by Crippen LogP contribution is 2.40. The van der Waals surface area contributed by atoms with Gasteiger partial charge >= 0.3 is 0 Å². The van der Waals surface area contributed by atoms with Crippen LogP contribution in [0.25, 0.3) is 50.4 Å². The number of nitrogens with zero attached hydrogens (tertiary/aromatic N) is 4. The van der Waals surface area contributed by atoms with E-state index in [-0.39, 0.29) is 12.2 Å². The Balaban J connectivity index is 1.15. The van der Waals surface area contributed by atoms with Crippen molar-refractivity contribution in [3.05, 3.63) is 146 Å². The minimum atomic E-state index is 0.00973. The van der Waals surface area contributed by atoms with Crippen molar-refractivity contribution in [1.82, 2.24) is 14.8 Å². The first kappa shape index (κ1) is 32.8. The molecule has 6 aromatic carbocycles. The van der Waals surface area contributed by atoms with Gasteiger partial charge in [0.15, 0.2) is 0 Å². The Hall–Kier alpha value is -6.34. The standard InChI is InChI=1S/C45H40N4O3/c1-5-31(4)51-39-27-33(26-38(29-39)50-30(2)3)45-47-46-44(52-45)32-20-22-36(23-21-32)48(34-14-8-6-9-15-34)37-24-25-43-41(28-37)40-18-12-13-19-42(40)49(43)35-16-10-7-11-17-35/h6-31H,5H2,1-4H3. The van der Waals surface area contributed by atoms with Gasteiger partial charge in [0.25, 0.3) is 0 Å². The molecule has 0 radical (unpaired) electrons. The van der Waals surface area contributed by atoms with E-state index in [0.29, 0.717) is 23.3 Å². The summed E-state index contributed by atoms with van der Waals surface area (Å²) in [5.41, 5.74) is 8.15. The maximum atomic E-state index is 6.25. The number of benzene rings is 6. The second kappa shape index (κ2) is 14.1. The van der Waals surface area contributed by atoms with Crippen molar-refractivity contribution in [1.29, 1.82) is 0 Å². The van der Waals surface area contributed by atoms with E-state index in [1.165, 1.54) is 16.3 Å². The van der Waals surface area contributed by atoms with Gasteiger partial charge in [-0.25, -0.2) is 0 Å². The number of hydrogen-bond donors (Lipinski definition) is 0. The first-order chi connectivity index (χ1) is 25.4. The van der Waals surface area contributed by atoms with Crippen LogP contribution in [0.3, 0.4) is 0 Å². The van der Waals surface area contributed by atoms with Crippen LogP contribution in [0.4, 0.5) is 17.1 Å². The van der Waals surface area contributed by atoms with Crippen molar-refractivity contribution in [2.45, 2.75) is 46.3 Å². The van der Waals surface area contributed by atoms with Gasteiger partial charge in [-0.05, 0) is 112 Å². The number of aromatic nitrogens is 3. The van der Waals surface area contributed by atoms with Gasteiger partial charge in [0.1, 0.15) is 11.5 Å². The number of fused-ring (bicyclic) bond motifs is 3. The van der Waals surface area contributed by atoms with Crippen LogP contribution in [0.1, 0.15) is 34.1 Å². The second-order valence-electron chi connectivity index (χ2n) is 13.2. The van der Waals surface area contributed by atoms with Crippen LogP contribution < -0.4 is 14.4 Å². The lowest BCUT2D eigenvalue weighted by Gasteiger charge is -2.25. The van der Waals surface area contributed by atoms with Crippen molar-refractivity contribution in [3.63, 3.8) is 0 Å². The number of para-hydroxylation sites is 3. The lowest BCUT2D eigenvalue weighted by Crippen LogP contribution is -2.10. The van der Waals surface area contributed by atoms with Gasteiger partial charge in [-0.3, -0.25) is 0 Å². The van der Waals surface area contributed by atoms with Gasteiger partial charge in [0.05, 0.1) is 23.2 Å². The lowest BCUT2D eigenvalue weighted by atomic mass is 10.1. The Labute approximate surface area is 303 Å². The number of anilines is 3. The molecule has 52 heavy (non-hydrogen) atoms. The third-order valence-corrected chi connectivity index (χ3v) is 9.15. The summed E-state index contributed by atoms with van der Waals surface area (Å²) in [4.78, 5) is 2.27. The summed E-state index contributed by atoms with van der Waals surface area (Å²) < 4.78 is 20.7. The van der Waals surface area contributed by atoms with E-state index in [2.05, 4.69) is 136 Å². The Morgan fingerprint density at radius 3 is 1.88 bits per heavy atom. The molecular formula is C45H40N4O3. The van der Waals surface area contributed by atoms with Crippen LogP contribution in [-0.2, 0) is 0 Å². The molecule has 8 rings (SSSR count). The average Bonchev–Trinajstić information content (AvgIpc) is 3.79. The van der Waals surface area contributed by atoms with Gasteiger partial charge in [-0.2, -0.15) is 0 Å². The number of ether oxygens (including phenoxy) is 2. The highest BCUT2D eigenvalue weighted by Gasteiger charge is 2.19. The van der Waals surface area contributed by atoms with Crippen LogP contribution in [0.5, 0.6) is 11.5 Å². The van der Waals surface area contributed by atoms with Gasteiger partial charge in [0, 0.05) is 50.7 Å². The zero-order chi connectivity index (χ0) is 35.6. The molecule has 0 bridgehead atoms. The number of hydrogen-bond acceptors (Lipinski definition) is 6. The first-order valence-electron chi connectivity index (χ1n) is 17.8. The molecule has 0 aliphatic carbocycles. The molecule has 0 N–H and O–H groups in total. The smallest absolute Gasteiger partial charge is 0.248 e. The summed E-state index contributed by atoms with van der Waals surface area (Å²) in [6, 6.07) is 50.3. The monoisotopic (exact) mass is 684 g/mol. The predicted molar refractivity (Wildman–Crippen MR) is 210 cm³/mol. The Morgan fingerprint density at radius 2 is 1.17 bits per heavy atom. The molecule has 0 aliphatic heterocycles. The van der Waals surface area contributed by atoms with Crippen molar-refractivity contribution in [3.8, 4) is 40.1 Å². The second-order valence-corrected chi connectivity index (χ2v) is 13.2. The fourth-order valence-corrected chi connectivity index (χ4v) is 6.61. The molecule has 0 saturated heterocycles. The van der Waals surface area contributed by atoms with E-state index in [1.54, 1.807) is 0 Å². The summed E-state index contributed by atoms with van der Waals surface area (Å²) >= 11 is 0. The zero-order valence-corrected chi connectivity index (χ0v) is 29.7. The SMILES string of the molecule is CCC(C)Oc1cc(OC(C)C)cc(-c2nnc(-c3ccc(N(c4ccccc4)c4ccc5c(c4)c4ccccc4n5-c4ccccc4)cc3)o2)c1. The van der Waals surface area contributed by atoms with Crippen LogP contribution in [-0.4, -0.2) is 27.0 Å². The van der Waals surface area contributed by atoms with Crippen LogP contribution >= 0.6 is 0 Å². The lowest BCUT2D eigenvalue weighted by molar-refractivity contribution is 0.212. The molecule has 0 aliphatic rings. The fourth-order valence-electron chi connectivity index (χ4n) is 6.61. The largest absolute Gasteiger partial charge is 0.491 e. The molecule has 2 aromatic heterocycles. The molecule has 258 valence electrons. The van der Waals surface area contributed by atoms with Crippen LogP contribution in [0.15, 0.2) is 150 Å². The van der Waals surface area contributed by atoms with E-state index in [4.69, 9.17) is 13.9 Å². The molecule has 8 aromatic rings. The van der Waals surface area contributed by atoms with Gasteiger partial charge in [-0.1, -0.05) is 61.5 Å². The summed E-state index contributed by atoms with van der Waals surface area (Å²) in [7, 11) is 0. The third kappa shape index (κ3) is 6.49. The van der Waals surface area contributed by atoms with Crippen molar-refractivity contribution in [2.75, 3.05) is 4.90 Å². The van der Waals surface area contributed by atoms with E-state index >= 15 is 0 Å². The predicted octanol–water partition coefficient (Wildman–Crippen LogP) is 11.9.